The Morgan fingerprint density at radius 1 is 1.07 bits per heavy atom. The van der Waals surface area contributed by atoms with Gasteiger partial charge in [0.2, 0.25) is 0 Å². The maximum absolute atomic E-state index is 12.0. The highest BCUT2D eigenvalue weighted by Crippen LogP contribution is 2.20. The molecule has 3 rings (SSSR count). The molecule has 28 heavy (non-hydrogen) atoms. The van der Waals surface area contributed by atoms with Crippen LogP contribution in [-0.4, -0.2) is 31.3 Å². The van der Waals surface area contributed by atoms with E-state index in [1.807, 2.05) is 38.1 Å². The quantitative estimate of drug-likeness (QED) is 0.602. The van der Waals surface area contributed by atoms with Crippen molar-refractivity contribution in [2.75, 3.05) is 24.6 Å². The number of aryl methyl sites for hydroxylation is 1. The Morgan fingerprint density at radius 3 is 2.46 bits per heavy atom. The van der Waals surface area contributed by atoms with Gasteiger partial charge in [-0.25, -0.2) is 5.43 Å². The van der Waals surface area contributed by atoms with E-state index in [-0.39, 0.29) is 12.5 Å². The van der Waals surface area contributed by atoms with Gasteiger partial charge in [0.25, 0.3) is 5.91 Å². The van der Waals surface area contributed by atoms with E-state index >= 15 is 0 Å². The van der Waals surface area contributed by atoms with E-state index in [2.05, 4.69) is 39.7 Å². The van der Waals surface area contributed by atoms with E-state index in [9.17, 15) is 4.79 Å². The number of anilines is 1. The summed E-state index contributed by atoms with van der Waals surface area (Å²) < 4.78 is 5.49. The number of ether oxygens (including phenoxy) is 1. The number of hydrazone groups is 1. The number of carbonyl (C=O) groups is 1. The van der Waals surface area contributed by atoms with Crippen molar-refractivity contribution in [1.82, 2.24) is 5.43 Å². The van der Waals surface area contributed by atoms with Crippen LogP contribution in [0.1, 0.15) is 43.7 Å². The highest BCUT2D eigenvalue weighted by molar-refractivity contribution is 5.99. The number of nitrogens with one attached hydrogen (secondary N) is 1. The number of carbonyl (C=O) groups excluding carboxylic acids is 1. The van der Waals surface area contributed by atoms with Gasteiger partial charge in [-0.15, -0.1) is 0 Å². The maximum Gasteiger partial charge on any atom is 0.277 e. The second-order valence-corrected chi connectivity index (χ2v) is 7.29. The van der Waals surface area contributed by atoms with Crippen LogP contribution in [0, 0.1) is 6.92 Å². The Hall–Kier alpha value is -2.82. The molecule has 2 aromatic rings. The third-order valence-corrected chi connectivity index (χ3v) is 4.96. The zero-order valence-electron chi connectivity index (χ0n) is 16.8. The average molecular weight is 380 g/mol. The molecule has 5 heteroatoms. The van der Waals surface area contributed by atoms with Gasteiger partial charge in [0.1, 0.15) is 5.75 Å². The van der Waals surface area contributed by atoms with E-state index in [4.69, 9.17) is 4.74 Å². The molecule has 0 bridgehead atoms. The van der Waals surface area contributed by atoms with Crippen molar-refractivity contribution in [3.63, 3.8) is 0 Å². The molecule has 0 aromatic heterocycles. The smallest absolute Gasteiger partial charge is 0.277 e. The largest absolute Gasteiger partial charge is 0.484 e. The highest BCUT2D eigenvalue weighted by Gasteiger charge is 2.10. The minimum absolute atomic E-state index is 0.0614. The molecular formula is C23H29N3O2. The van der Waals surface area contributed by atoms with Crippen molar-refractivity contribution in [3.8, 4) is 5.75 Å². The monoisotopic (exact) mass is 379 g/mol. The molecule has 1 fully saturated rings. The molecule has 148 valence electrons. The van der Waals surface area contributed by atoms with Crippen LogP contribution in [0.5, 0.6) is 5.75 Å². The van der Waals surface area contributed by atoms with Crippen molar-refractivity contribution >= 4 is 17.3 Å². The number of amides is 1. The van der Waals surface area contributed by atoms with E-state index < -0.39 is 0 Å². The lowest BCUT2D eigenvalue weighted by Gasteiger charge is -2.22. The van der Waals surface area contributed by atoms with Crippen LogP contribution in [0.15, 0.2) is 53.6 Å². The fourth-order valence-electron chi connectivity index (χ4n) is 3.34. The summed E-state index contributed by atoms with van der Waals surface area (Å²) in [6.45, 7) is 6.07. The Morgan fingerprint density at radius 2 is 1.79 bits per heavy atom. The first-order valence-corrected chi connectivity index (χ1v) is 10.00. The highest BCUT2D eigenvalue weighted by atomic mass is 16.5. The minimum Gasteiger partial charge on any atom is -0.484 e. The summed E-state index contributed by atoms with van der Waals surface area (Å²) in [7, 11) is 0. The van der Waals surface area contributed by atoms with Gasteiger partial charge in [0.05, 0.1) is 5.71 Å². The molecule has 0 aliphatic carbocycles. The van der Waals surface area contributed by atoms with E-state index in [0.717, 1.165) is 29.9 Å². The molecule has 1 heterocycles. The molecule has 1 amide bonds. The maximum atomic E-state index is 12.0. The summed E-state index contributed by atoms with van der Waals surface area (Å²) >= 11 is 0. The normalized spacial score (nSPS) is 15.1. The van der Waals surface area contributed by atoms with Crippen molar-refractivity contribution in [2.24, 2.45) is 5.10 Å². The SMILES string of the molecule is CC(=NNC(=O)COc1cccc(C)c1)c1ccc(N2CCCCCC2)cc1. The molecule has 5 nitrogen and oxygen atoms in total. The second kappa shape index (κ2) is 9.93. The van der Waals surface area contributed by atoms with Gasteiger partial charge in [-0.3, -0.25) is 4.79 Å². The van der Waals surface area contributed by atoms with Crippen LogP contribution in [0.4, 0.5) is 5.69 Å². The fourth-order valence-corrected chi connectivity index (χ4v) is 3.34. The molecular weight excluding hydrogens is 350 g/mol. The molecule has 1 saturated heterocycles. The van der Waals surface area contributed by atoms with Gasteiger partial charge in [0.15, 0.2) is 6.61 Å². The van der Waals surface area contributed by atoms with Gasteiger partial charge < -0.3 is 9.64 Å². The number of benzene rings is 2. The third-order valence-electron chi connectivity index (χ3n) is 4.96. The number of nitrogens with zero attached hydrogens (tertiary/aromatic N) is 2. The van der Waals surface area contributed by atoms with Gasteiger partial charge in [-0.05, 0) is 62.1 Å². The predicted molar refractivity (Wildman–Crippen MR) is 114 cm³/mol. The number of rotatable bonds is 6. The molecule has 1 aliphatic heterocycles. The molecule has 0 saturated carbocycles. The van der Waals surface area contributed by atoms with Crippen LogP contribution in [-0.2, 0) is 4.79 Å². The van der Waals surface area contributed by atoms with Crippen LogP contribution >= 0.6 is 0 Å². The summed E-state index contributed by atoms with van der Waals surface area (Å²) in [5.41, 5.74) is 6.69. The van der Waals surface area contributed by atoms with Gasteiger partial charge in [-0.2, -0.15) is 5.10 Å². The lowest BCUT2D eigenvalue weighted by atomic mass is 10.1. The van der Waals surface area contributed by atoms with Crippen molar-refractivity contribution in [1.29, 1.82) is 0 Å². The van der Waals surface area contributed by atoms with Crippen LogP contribution in [0.3, 0.4) is 0 Å². The topological polar surface area (TPSA) is 53.9 Å². The number of hydrogen-bond acceptors (Lipinski definition) is 4. The molecule has 0 radical (unpaired) electrons. The Kier molecular flexibility index (Phi) is 7.06. The molecule has 0 unspecified atom stereocenters. The standard InChI is InChI=1S/C23H29N3O2/c1-18-8-7-9-22(16-18)28-17-23(27)25-24-19(2)20-10-12-21(13-11-20)26-14-5-3-4-6-15-26/h7-13,16H,3-6,14-15,17H2,1-2H3,(H,25,27). The summed E-state index contributed by atoms with van der Waals surface area (Å²) in [4.78, 5) is 14.4. The molecule has 0 spiro atoms. The van der Waals surface area contributed by atoms with Crippen LogP contribution < -0.4 is 15.1 Å². The first-order valence-electron chi connectivity index (χ1n) is 10.00. The van der Waals surface area contributed by atoms with Crippen LogP contribution in [0.2, 0.25) is 0 Å². The summed E-state index contributed by atoms with van der Waals surface area (Å²) in [5, 5.41) is 4.20. The van der Waals surface area contributed by atoms with E-state index in [0.29, 0.717) is 5.75 Å². The summed E-state index contributed by atoms with van der Waals surface area (Å²) in [6, 6.07) is 16.0. The average Bonchev–Trinajstić information content (AvgIpc) is 3.00. The first-order chi connectivity index (χ1) is 13.6. The summed E-state index contributed by atoms with van der Waals surface area (Å²) in [6.07, 6.45) is 5.18. The molecule has 1 N–H and O–H groups in total. The molecule has 0 atom stereocenters. The molecule has 2 aromatic carbocycles. The van der Waals surface area contributed by atoms with Crippen molar-refractivity contribution in [3.05, 3.63) is 59.7 Å². The van der Waals surface area contributed by atoms with Crippen LogP contribution in [0.25, 0.3) is 0 Å². The lowest BCUT2D eigenvalue weighted by molar-refractivity contribution is -0.123. The zero-order valence-corrected chi connectivity index (χ0v) is 16.8. The Bertz CT molecular complexity index is 807. The Balaban J connectivity index is 1.51. The predicted octanol–water partition coefficient (Wildman–Crippen LogP) is 4.29. The molecule has 1 aliphatic rings. The minimum atomic E-state index is -0.276. The Labute approximate surface area is 167 Å². The second-order valence-electron chi connectivity index (χ2n) is 7.29. The number of hydrogen-bond donors (Lipinski definition) is 1. The van der Waals surface area contributed by atoms with Crippen molar-refractivity contribution < 1.29 is 9.53 Å². The zero-order chi connectivity index (χ0) is 19.8. The van der Waals surface area contributed by atoms with Gasteiger partial charge >= 0.3 is 0 Å². The van der Waals surface area contributed by atoms with Gasteiger partial charge in [0, 0.05) is 18.8 Å². The van der Waals surface area contributed by atoms with E-state index in [1.54, 1.807) is 0 Å². The van der Waals surface area contributed by atoms with E-state index in [1.165, 1.54) is 31.4 Å². The summed E-state index contributed by atoms with van der Waals surface area (Å²) in [5.74, 6) is 0.405. The van der Waals surface area contributed by atoms with Gasteiger partial charge in [-0.1, -0.05) is 37.1 Å². The fraction of sp³-hybridized carbons (Fsp3) is 0.391. The van der Waals surface area contributed by atoms with Crippen molar-refractivity contribution in [2.45, 2.75) is 39.5 Å². The first kappa shape index (κ1) is 19.9. The third kappa shape index (κ3) is 5.84. The lowest BCUT2D eigenvalue weighted by Crippen LogP contribution is -2.25.